The summed E-state index contributed by atoms with van der Waals surface area (Å²) in [7, 11) is 0. The van der Waals surface area contributed by atoms with Gasteiger partial charge < -0.3 is 10.3 Å². The molecule has 2 N–H and O–H groups in total. The van der Waals surface area contributed by atoms with Crippen molar-refractivity contribution in [1.29, 1.82) is 0 Å². The molecule has 4 rings (SSSR count). The van der Waals surface area contributed by atoms with E-state index < -0.39 is 0 Å². The van der Waals surface area contributed by atoms with Gasteiger partial charge in [0.05, 0.1) is 6.04 Å². The molecule has 0 bridgehead atoms. The predicted octanol–water partition coefficient (Wildman–Crippen LogP) is 5.05. The fraction of sp³-hybridized carbons (Fsp3) is 0.375. The molecule has 27 heavy (non-hydrogen) atoms. The summed E-state index contributed by atoms with van der Waals surface area (Å²) >= 11 is 0. The number of ketones is 1. The zero-order valence-corrected chi connectivity index (χ0v) is 16.0. The summed E-state index contributed by atoms with van der Waals surface area (Å²) in [6.45, 7) is 2.94. The number of rotatable bonds is 7. The summed E-state index contributed by atoms with van der Waals surface area (Å²) in [5, 5.41) is 4.65. The quantitative estimate of drug-likeness (QED) is 0.579. The fourth-order valence-electron chi connectivity index (χ4n) is 4.33. The summed E-state index contributed by atoms with van der Waals surface area (Å²) in [5.74, 6) is 0.687. The van der Waals surface area contributed by atoms with Crippen LogP contribution in [0.2, 0.25) is 0 Å². The van der Waals surface area contributed by atoms with Gasteiger partial charge in [0, 0.05) is 22.7 Å². The van der Waals surface area contributed by atoms with Crippen LogP contribution in [0.3, 0.4) is 0 Å². The number of carbonyl (C=O) groups excluding carboxylic acids is 1. The molecule has 3 nitrogen and oxygen atoms in total. The van der Waals surface area contributed by atoms with Gasteiger partial charge in [-0.05, 0) is 50.3 Å². The third-order valence-electron chi connectivity index (χ3n) is 5.91. The Bertz CT molecular complexity index is 904. The first-order chi connectivity index (χ1) is 13.2. The minimum Gasteiger partial charge on any atom is -0.360 e. The molecule has 0 spiro atoms. The number of para-hydroxylation sites is 1. The maximum atomic E-state index is 13.4. The molecule has 0 saturated heterocycles. The number of benzene rings is 2. The molecule has 0 unspecified atom stereocenters. The maximum Gasteiger partial charge on any atom is 0.182 e. The molecule has 0 amide bonds. The smallest absolute Gasteiger partial charge is 0.182 e. The zero-order chi connectivity index (χ0) is 18.6. The van der Waals surface area contributed by atoms with Crippen molar-refractivity contribution in [2.75, 3.05) is 6.54 Å². The Morgan fingerprint density at radius 3 is 2.63 bits per heavy atom. The number of hydrogen-bond donors (Lipinski definition) is 2. The van der Waals surface area contributed by atoms with E-state index in [0.717, 1.165) is 42.3 Å². The van der Waals surface area contributed by atoms with Crippen molar-refractivity contribution in [1.82, 2.24) is 10.3 Å². The molecule has 140 valence electrons. The minimum atomic E-state index is -0.0860. The van der Waals surface area contributed by atoms with Gasteiger partial charge in [-0.1, -0.05) is 60.9 Å². The molecule has 0 aliphatic heterocycles. The third kappa shape index (κ3) is 3.98. The van der Waals surface area contributed by atoms with Crippen LogP contribution in [-0.4, -0.2) is 23.4 Å². The Labute approximate surface area is 161 Å². The second kappa shape index (κ2) is 8.10. The van der Waals surface area contributed by atoms with E-state index in [-0.39, 0.29) is 11.8 Å². The lowest BCUT2D eigenvalue weighted by Gasteiger charge is -2.23. The number of aryl methyl sites for hydroxylation is 1. The predicted molar refractivity (Wildman–Crippen MR) is 111 cm³/mol. The van der Waals surface area contributed by atoms with E-state index in [9.17, 15) is 4.79 Å². The van der Waals surface area contributed by atoms with Gasteiger partial charge in [-0.2, -0.15) is 0 Å². The lowest BCUT2D eigenvalue weighted by molar-refractivity contribution is 0.0909. The highest BCUT2D eigenvalue weighted by Crippen LogP contribution is 2.30. The van der Waals surface area contributed by atoms with Gasteiger partial charge in [-0.25, -0.2) is 0 Å². The first-order valence-corrected chi connectivity index (χ1v) is 10.1. The Kier molecular flexibility index (Phi) is 5.40. The zero-order valence-electron chi connectivity index (χ0n) is 16.0. The number of aromatic amines is 1. The molecule has 1 aromatic heterocycles. The molecule has 3 heteroatoms. The summed E-state index contributed by atoms with van der Waals surface area (Å²) in [6, 6.07) is 16.7. The van der Waals surface area contributed by atoms with Crippen LogP contribution in [-0.2, 0) is 6.42 Å². The van der Waals surface area contributed by atoms with E-state index in [1.807, 2.05) is 30.5 Å². The molecule has 3 aromatic rings. The Morgan fingerprint density at radius 2 is 1.85 bits per heavy atom. The first-order valence-electron chi connectivity index (χ1n) is 10.1. The van der Waals surface area contributed by atoms with Crippen LogP contribution >= 0.6 is 0 Å². The van der Waals surface area contributed by atoms with Crippen molar-refractivity contribution in [2.45, 2.75) is 45.1 Å². The largest absolute Gasteiger partial charge is 0.360 e. The molecule has 2 aromatic carbocycles. The first kappa shape index (κ1) is 18.0. The van der Waals surface area contributed by atoms with E-state index in [1.54, 1.807) is 0 Å². The maximum absolute atomic E-state index is 13.4. The van der Waals surface area contributed by atoms with E-state index >= 15 is 0 Å². The summed E-state index contributed by atoms with van der Waals surface area (Å²) in [6.07, 6.45) is 7.61. The van der Waals surface area contributed by atoms with Crippen LogP contribution < -0.4 is 5.32 Å². The minimum absolute atomic E-state index is 0.0860. The molecule has 1 fully saturated rings. The third-order valence-corrected chi connectivity index (χ3v) is 5.91. The van der Waals surface area contributed by atoms with Gasteiger partial charge in [0.25, 0.3) is 0 Å². The lowest BCUT2D eigenvalue weighted by atomic mass is 9.90. The van der Waals surface area contributed by atoms with Crippen LogP contribution in [0.1, 0.15) is 47.2 Å². The Morgan fingerprint density at radius 1 is 1.11 bits per heavy atom. The Balaban J connectivity index is 1.50. The molecule has 0 radical (unpaired) electrons. The van der Waals surface area contributed by atoms with Crippen LogP contribution in [0.25, 0.3) is 10.9 Å². The van der Waals surface area contributed by atoms with Crippen molar-refractivity contribution in [3.8, 4) is 0 Å². The molecular weight excluding hydrogens is 332 g/mol. The number of aromatic nitrogens is 1. The summed E-state index contributed by atoms with van der Waals surface area (Å²) in [5.41, 5.74) is 4.46. The Hall–Kier alpha value is -2.39. The highest BCUT2D eigenvalue weighted by Gasteiger charge is 2.31. The monoisotopic (exact) mass is 360 g/mol. The van der Waals surface area contributed by atoms with Gasteiger partial charge in [-0.15, -0.1) is 0 Å². The van der Waals surface area contributed by atoms with Crippen molar-refractivity contribution in [3.63, 3.8) is 0 Å². The van der Waals surface area contributed by atoms with Crippen LogP contribution in [0.4, 0.5) is 0 Å². The number of H-pyrrole nitrogens is 1. The highest BCUT2D eigenvalue weighted by atomic mass is 16.1. The molecular formula is C24H28N2O. The number of fused-ring (bicyclic) bond motifs is 1. The number of carbonyl (C=O) groups is 1. The second-order valence-electron chi connectivity index (χ2n) is 7.82. The van der Waals surface area contributed by atoms with E-state index in [0.29, 0.717) is 5.92 Å². The van der Waals surface area contributed by atoms with E-state index in [2.05, 4.69) is 41.5 Å². The number of hydrogen-bond acceptors (Lipinski definition) is 2. The molecule has 1 aliphatic rings. The van der Waals surface area contributed by atoms with E-state index in [1.165, 1.54) is 24.0 Å². The van der Waals surface area contributed by atoms with Gasteiger partial charge in [0.1, 0.15) is 0 Å². The van der Waals surface area contributed by atoms with Crippen LogP contribution in [0, 0.1) is 12.8 Å². The van der Waals surface area contributed by atoms with Gasteiger partial charge in [-0.3, -0.25) is 4.79 Å². The van der Waals surface area contributed by atoms with Gasteiger partial charge >= 0.3 is 0 Å². The van der Waals surface area contributed by atoms with Crippen molar-refractivity contribution < 1.29 is 4.79 Å². The number of nitrogens with one attached hydrogen (secondary N) is 2. The lowest BCUT2D eigenvalue weighted by Crippen LogP contribution is -2.43. The number of Topliss-reactive ketones (excluding diaryl/α,β-unsaturated/α-hetero) is 1. The average Bonchev–Trinajstić information content (AvgIpc) is 3.36. The molecule has 1 heterocycles. The molecule has 1 saturated carbocycles. The topological polar surface area (TPSA) is 44.9 Å². The standard InChI is InChI=1S/C24H28N2O/c1-17-10-12-18(13-11-17)14-15-25-23(19-6-2-3-7-19)24(27)21-16-26-22-9-5-4-8-20(21)22/h4-5,8-13,16,19,23,25-26H,2-3,6-7,14-15H2,1H3/t23-/m0/s1. The SMILES string of the molecule is Cc1ccc(CCN[C@H](C(=O)c2c[nH]c3ccccc23)C2CCCC2)cc1. The molecule has 1 aliphatic carbocycles. The fourth-order valence-corrected chi connectivity index (χ4v) is 4.33. The van der Waals surface area contributed by atoms with Gasteiger partial charge in [0.2, 0.25) is 0 Å². The van der Waals surface area contributed by atoms with Crippen molar-refractivity contribution in [2.24, 2.45) is 5.92 Å². The van der Waals surface area contributed by atoms with E-state index in [4.69, 9.17) is 0 Å². The normalized spacial score (nSPS) is 16.0. The molecule has 1 atom stereocenters. The van der Waals surface area contributed by atoms with Crippen molar-refractivity contribution >= 4 is 16.7 Å². The van der Waals surface area contributed by atoms with Crippen molar-refractivity contribution in [3.05, 3.63) is 71.4 Å². The summed E-state index contributed by atoms with van der Waals surface area (Å²) < 4.78 is 0. The van der Waals surface area contributed by atoms with Crippen LogP contribution in [0.5, 0.6) is 0 Å². The summed E-state index contributed by atoms with van der Waals surface area (Å²) in [4.78, 5) is 16.7. The highest BCUT2D eigenvalue weighted by molar-refractivity contribution is 6.10. The second-order valence-corrected chi connectivity index (χ2v) is 7.82. The average molecular weight is 361 g/mol. The van der Waals surface area contributed by atoms with Gasteiger partial charge in [0.15, 0.2) is 5.78 Å². The van der Waals surface area contributed by atoms with Crippen LogP contribution in [0.15, 0.2) is 54.7 Å².